The standard InChI is InChI=1S/C11H22N2O/c1-4-12-8-11(14)13-7-5-6-10(13)9(2)3/h9-10,12H,4-8H2,1-3H3. The average molecular weight is 198 g/mol. The molecule has 1 unspecified atom stereocenters. The summed E-state index contributed by atoms with van der Waals surface area (Å²) in [6, 6.07) is 0.473. The van der Waals surface area contributed by atoms with Gasteiger partial charge in [0.25, 0.3) is 0 Å². The molecule has 82 valence electrons. The SMILES string of the molecule is CCNCC(=O)N1CCCC1C(C)C. The number of hydrogen-bond donors (Lipinski definition) is 1. The molecule has 3 nitrogen and oxygen atoms in total. The van der Waals surface area contributed by atoms with Crippen molar-refractivity contribution < 1.29 is 4.79 Å². The molecule has 0 spiro atoms. The first kappa shape index (κ1) is 11.5. The number of rotatable bonds is 4. The molecule has 1 N–H and O–H groups in total. The molecule has 1 aliphatic rings. The molecule has 0 aromatic rings. The molecule has 3 heteroatoms. The first-order valence-corrected chi connectivity index (χ1v) is 5.67. The van der Waals surface area contributed by atoms with Crippen molar-refractivity contribution >= 4 is 5.91 Å². The van der Waals surface area contributed by atoms with E-state index in [4.69, 9.17) is 0 Å². The fraction of sp³-hybridized carbons (Fsp3) is 0.909. The van der Waals surface area contributed by atoms with E-state index in [2.05, 4.69) is 19.2 Å². The number of likely N-dealkylation sites (N-methyl/N-ethyl adjacent to an activating group) is 1. The second kappa shape index (κ2) is 5.35. The van der Waals surface area contributed by atoms with Gasteiger partial charge < -0.3 is 10.2 Å². The van der Waals surface area contributed by atoms with Gasteiger partial charge in [-0.05, 0) is 25.3 Å². The van der Waals surface area contributed by atoms with Crippen molar-refractivity contribution in [3.8, 4) is 0 Å². The summed E-state index contributed by atoms with van der Waals surface area (Å²) in [4.78, 5) is 13.8. The summed E-state index contributed by atoms with van der Waals surface area (Å²) in [7, 11) is 0. The topological polar surface area (TPSA) is 32.3 Å². The molecule has 0 saturated carbocycles. The van der Waals surface area contributed by atoms with Gasteiger partial charge in [0.05, 0.1) is 6.54 Å². The van der Waals surface area contributed by atoms with E-state index >= 15 is 0 Å². The molecule has 14 heavy (non-hydrogen) atoms. The molecule has 1 fully saturated rings. The summed E-state index contributed by atoms with van der Waals surface area (Å²) in [5.74, 6) is 0.853. The Labute approximate surface area is 86.9 Å². The fourth-order valence-electron chi connectivity index (χ4n) is 2.13. The summed E-state index contributed by atoms with van der Waals surface area (Å²) < 4.78 is 0. The molecule has 0 radical (unpaired) electrons. The van der Waals surface area contributed by atoms with E-state index in [1.807, 2.05) is 11.8 Å². The van der Waals surface area contributed by atoms with Crippen molar-refractivity contribution in [3.63, 3.8) is 0 Å². The molecule has 1 heterocycles. The third-order valence-corrected chi connectivity index (χ3v) is 2.92. The van der Waals surface area contributed by atoms with Crippen LogP contribution in [0.4, 0.5) is 0 Å². The molecule has 0 bridgehead atoms. The molecule has 1 amide bonds. The third-order valence-electron chi connectivity index (χ3n) is 2.92. The van der Waals surface area contributed by atoms with Crippen LogP contribution in [-0.2, 0) is 4.79 Å². The minimum absolute atomic E-state index is 0.267. The van der Waals surface area contributed by atoms with Gasteiger partial charge in [-0.15, -0.1) is 0 Å². The highest BCUT2D eigenvalue weighted by atomic mass is 16.2. The van der Waals surface area contributed by atoms with Crippen molar-refractivity contribution in [1.29, 1.82) is 0 Å². The molecule has 1 atom stereocenters. The number of carbonyl (C=O) groups is 1. The van der Waals surface area contributed by atoms with Crippen LogP contribution in [0.1, 0.15) is 33.6 Å². The van der Waals surface area contributed by atoms with Crippen LogP contribution in [0.3, 0.4) is 0 Å². The number of nitrogens with zero attached hydrogens (tertiary/aromatic N) is 1. The number of hydrogen-bond acceptors (Lipinski definition) is 2. The summed E-state index contributed by atoms with van der Waals surface area (Å²) >= 11 is 0. The van der Waals surface area contributed by atoms with Crippen molar-refractivity contribution in [2.75, 3.05) is 19.6 Å². The van der Waals surface area contributed by atoms with Gasteiger partial charge in [-0.3, -0.25) is 4.79 Å². The van der Waals surface area contributed by atoms with Crippen LogP contribution in [-0.4, -0.2) is 36.5 Å². The Bertz CT molecular complexity index is 192. The first-order chi connectivity index (χ1) is 6.66. The zero-order valence-corrected chi connectivity index (χ0v) is 9.55. The molecule has 1 rings (SSSR count). The average Bonchev–Trinajstić information content (AvgIpc) is 2.62. The molecule has 1 aliphatic heterocycles. The monoisotopic (exact) mass is 198 g/mol. The Balaban J connectivity index is 2.45. The van der Waals surface area contributed by atoms with E-state index in [1.54, 1.807) is 0 Å². The van der Waals surface area contributed by atoms with Crippen molar-refractivity contribution in [1.82, 2.24) is 10.2 Å². The Hall–Kier alpha value is -0.570. The molecule has 0 aromatic heterocycles. The van der Waals surface area contributed by atoms with Crippen LogP contribution in [0.2, 0.25) is 0 Å². The second-order valence-corrected chi connectivity index (χ2v) is 4.32. The summed E-state index contributed by atoms with van der Waals surface area (Å²) in [5.41, 5.74) is 0. The first-order valence-electron chi connectivity index (χ1n) is 5.67. The van der Waals surface area contributed by atoms with E-state index in [0.29, 0.717) is 18.5 Å². The van der Waals surface area contributed by atoms with E-state index < -0.39 is 0 Å². The number of likely N-dealkylation sites (tertiary alicyclic amines) is 1. The Morgan fingerprint density at radius 2 is 2.29 bits per heavy atom. The third kappa shape index (κ3) is 2.71. The Morgan fingerprint density at radius 3 is 2.86 bits per heavy atom. The maximum absolute atomic E-state index is 11.8. The van der Waals surface area contributed by atoms with Gasteiger partial charge in [0.2, 0.25) is 5.91 Å². The van der Waals surface area contributed by atoms with E-state index in [0.717, 1.165) is 13.1 Å². The lowest BCUT2D eigenvalue weighted by molar-refractivity contribution is -0.131. The van der Waals surface area contributed by atoms with Crippen LogP contribution in [0, 0.1) is 5.92 Å². The van der Waals surface area contributed by atoms with Crippen molar-refractivity contribution in [2.45, 2.75) is 39.7 Å². The van der Waals surface area contributed by atoms with Gasteiger partial charge in [0.15, 0.2) is 0 Å². The van der Waals surface area contributed by atoms with Crippen LogP contribution in [0.15, 0.2) is 0 Å². The van der Waals surface area contributed by atoms with Gasteiger partial charge in [0, 0.05) is 12.6 Å². The summed E-state index contributed by atoms with van der Waals surface area (Å²) in [6.45, 7) is 8.74. The molecule has 0 aromatic carbocycles. The van der Waals surface area contributed by atoms with Crippen molar-refractivity contribution in [3.05, 3.63) is 0 Å². The summed E-state index contributed by atoms with van der Waals surface area (Å²) in [5, 5.41) is 3.09. The lowest BCUT2D eigenvalue weighted by Gasteiger charge is -2.27. The predicted octanol–water partition coefficient (Wildman–Crippen LogP) is 1.24. The number of amides is 1. The number of nitrogens with one attached hydrogen (secondary N) is 1. The highest BCUT2D eigenvalue weighted by Gasteiger charge is 2.29. The van der Waals surface area contributed by atoms with Gasteiger partial charge in [-0.25, -0.2) is 0 Å². The van der Waals surface area contributed by atoms with Gasteiger partial charge >= 0.3 is 0 Å². The fourth-order valence-corrected chi connectivity index (χ4v) is 2.13. The lowest BCUT2D eigenvalue weighted by atomic mass is 10.0. The summed E-state index contributed by atoms with van der Waals surface area (Å²) in [6.07, 6.45) is 2.34. The molecule has 0 aliphatic carbocycles. The van der Waals surface area contributed by atoms with Crippen LogP contribution < -0.4 is 5.32 Å². The van der Waals surface area contributed by atoms with Crippen molar-refractivity contribution in [2.24, 2.45) is 5.92 Å². The quantitative estimate of drug-likeness (QED) is 0.737. The molecular weight excluding hydrogens is 176 g/mol. The zero-order valence-electron chi connectivity index (χ0n) is 9.55. The smallest absolute Gasteiger partial charge is 0.236 e. The second-order valence-electron chi connectivity index (χ2n) is 4.32. The minimum atomic E-state index is 0.267. The Morgan fingerprint density at radius 1 is 1.57 bits per heavy atom. The highest BCUT2D eigenvalue weighted by Crippen LogP contribution is 2.23. The van der Waals surface area contributed by atoms with Crippen LogP contribution in [0.5, 0.6) is 0 Å². The minimum Gasteiger partial charge on any atom is -0.338 e. The molecular formula is C11H22N2O. The van der Waals surface area contributed by atoms with Gasteiger partial charge in [-0.1, -0.05) is 20.8 Å². The molecule has 1 saturated heterocycles. The lowest BCUT2D eigenvalue weighted by Crippen LogP contribution is -2.43. The zero-order chi connectivity index (χ0) is 10.6. The van der Waals surface area contributed by atoms with E-state index in [-0.39, 0.29) is 5.91 Å². The van der Waals surface area contributed by atoms with Crippen LogP contribution >= 0.6 is 0 Å². The predicted molar refractivity (Wildman–Crippen MR) is 58.1 cm³/mol. The van der Waals surface area contributed by atoms with Crippen LogP contribution in [0.25, 0.3) is 0 Å². The van der Waals surface area contributed by atoms with E-state index in [1.165, 1.54) is 12.8 Å². The van der Waals surface area contributed by atoms with E-state index in [9.17, 15) is 4.79 Å². The maximum atomic E-state index is 11.8. The van der Waals surface area contributed by atoms with Gasteiger partial charge in [0.1, 0.15) is 0 Å². The maximum Gasteiger partial charge on any atom is 0.236 e. The highest BCUT2D eigenvalue weighted by molar-refractivity contribution is 5.78. The number of carbonyl (C=O) groups excluding carboxylic acids is 1. The Kier molecular flexibility index (Phi) is 4.39. The largest absolute Gasteiger partial charge is 0.338 e. The van der Waals surface area contributed by atoms with Gasteiger partial charge in [-0.2, -0.15) is 0 Å². The normalized spacial score (nSPS) is 22.0.